The van der Waals surface area contributed by atoms with E-state index in [1.807, 2.05) is 5.38 Å². The second-order valence-electron chi connectivity index (χ2n) is 4.41. The predicted octanol–water partition coefficient (Wildman–Crippen LogP) is 2.49. The van der Waals surface area contributed by atoms with Crippen LogP contribution in [0, 0.1) is 5.92 Å². The molecule has 3 nitrogen and oxygen atoms in total. The Hall–Kier alpha value is -0.740. The van der Waals surface area contributed by atoms with Crippen molar-refractivity contribution in [2.45, 2.75) is 38.6 Å². The summed E-state index contributed by atoms with van der Waals surface area (Å²) in [5, 5.41) is 5.94. The number of hydrogen-bond donors (Lipinski definition) is 1. The van der Waals surface area contributed by atoms with E-state index in [0.29, 0.717) is 17.5 Å². The molecule has 0 spiro atoms. The van der Waals surface area contributed by atoms with Crippen LogP contribution in [0.3, 0.4) is 0 Å². The molecule has 16 heavy (non-hydrogen) atoms. The first kappa shape index (κ1) is 11.7. The van der Waals surface area contributed by atoms with Crippen molar-refractivity contribution in [1.29, 1.82) is 0 Å². The second kappa shape index (κ2) is 5.55. The van der Waals surface area contributed by atoms with Gasteiger partial charge in [0.2, 0.25) is 0 Å². The molecule has 0 amide bonds. The highest BCUT2D eigenvalue weighted by Crippen LogP contribution is 2.22. The van der Waals surface area contributed by atoms with E-state index in [2.05, 4.69) is 17.2 Å². The van der Waals surface area contributed by atoms with Crippen molar-refractivity contribution in [2.24, 2.45) is 5.92 Å². The van der Waals surface area contributed by atoms with Crippen molar-refractivity contribution in [1.82, 2.24) is 10.3 Å². The highest BCUT2D eigenvalue weighted by molar-refractivity contribution is 7.11. The minimum absolute atomic E-state index is 0.184. The van der Waals surface area contributed by atoms with E-state index in [1.54, 1.807) is 6.20 Å². The zero-order valence-electron chi connectivity index (χ0n) is 9.61. The van der Waals surface area contributed by atoms with E-state index in [1.165, 1.54) is 24.2 Å². The number of nitrogens with one attached hydrogen (secondary N) is 1. The van der Waals surface area contributed by atoms with Gasteiger partial charge in [0.15, 0.2) is 10.8 Å². The third-order valence-corrected chi connectivity index (χ3v) is 4.10. The zero-order valence-corrected chi connectivity index (χ0v) is 10.4. The highest BCUT2D eigenvalue weighted by atomic mass is 32.1. The van der Waals surface area contributed by atoms with Gasteiger partial charge in [-0.3, -0.25) is 4.79 Å². The van der Waals surface area contributed by atoms with Crippen LogP contribution in [0.5, 0.6) is 0 Å². The summed E-state index contributed by atoms with van der Waals surface area (Å²) in [5.74, 6) is 0.972. The smallest absolute Gasteiger partial charge is 0.192 e. The number of ketones is 1. The number of piperidine rings is 1. The lowest BCUT2D eigenvalue weighted by Gasteiger charge is -2.29. The van der Waals surface area contributed by atoms with Crippen LogP contribution in [-0.4, -0.2) is 23.4 Å². The maximum Gasteiger partial charge on any atom is 0.192 e. The summed E-state index contributed by atoms with van der Waals surface area (Å²) in [4.78, 5) is 15.9. The fourth-order valence-electron chi connectivity index (χ4n) is 2.29. The van der Waals surface area contributed by atoms with Gasteiger partial charge in [0.1, 0.15) is 0 Å². The van der Waals surface area contributed by atoms with Crippen LogP contribution in [0.15, 0.2) is 11.6 Å². The average molecular weight is 238 g/mol. The Morgan fingerprint density at radius 1 is 1.69 bits per heavy atom. The molecule has 1 aromatic heterocycles. The monoisotopic (exact) mass is 238 g/mol. The predicted molar refractivity (Wildman–Crippen MR) is 65.9 cm³/mol. The molecule has 1 saturated heterocycles. The number of thiazole rings is 1. The summed E-state index contributed by atoms with van der Waals surface area (Å²) in [6.07, 6.45) is 5.90. The van der Waals surface area contributed by atoms with Gasteiger partial charge in [0.05, 0.1) is 0 Å². The number of aromatic nitrogens is 1. The Morgan fingerprint density at radius 2 is 2.56 bits per heavy atom. The summed E-state index contributed by atoms with van der Waals surface area (Å²) < 4.78 is 0. The van der Waals surface area contributed by atoms with Crippen molar-refractivity contribution in [3.63, 3.8) is 0 Å². The maximum atomic E-state index is 11.9. The quantitative estimate of drug-likeness (QED) is 0.819. The molecule has 0 aliphatic carbocycles. The summed E-state index contributed by atoms with van der Waals surface area (Å²) >= 11 is 1.44. The molecule has 2 heterocycles. The van der Waals surface area contributed by atoms with Gasteiger partial charge in [-0.1, -0.05) is 13.3 Å². The van der Waals surface area contributed by atoms with E-state index in [4.69, 9.17) is 0 Å². The second-order valence-corrected chi connectivity index (χ2v) is 5.31. The van der Waals surface area contributed by atoms with Gasteiger partial charge in [-0.2, -0.15) is 0 Å². The molecule has 2 atom stereocenters. The topological polar surface area (TPSA) is 42.0 Å². The number of rotatable bonds is 4. The Labute approximate surface area is 100 Å². The van der Waals surface area contributed by atoms with Crippen molar-refractivity contribution in [2.75, 3.05) is 6.54 Å². The molecule has 1 aromatic rings. The number of nitrogens with zero attached hydrogens (tertiary/aromatic N) is 1. The maximum absolute atomic E-state index is 11.9. The number of carbonyl (C=O) groups excluding carboxylic acids is 1. The Kier molecular flexibility index (Phi) is 4.07. The molecule has 88 valence electrons. The third kappa shape index (κ3) is 2.89. The van der Waals surface area contributed by atoms with Crippen LogP contribution in [0.25, 0.3) is 0 Å². The van der Waals surface area contributed by atoms with E-state index >= 15 is 0 Å². The van der Waals surface area contributed by atoms with Crippen LogP contribution in [0.1, 0.15) is 42.4 Å². The lowest BCUT2D eigenvalue weighted by Crippen LogP contribution is -2.39. The van der Waals surface area contributed by atoms with E-state index in [0.717, 1.165) is 18.9 Å². The summed E-state index contributed by atoms with van der Waals surface area (Å²) in [7, 11) is 0. The number of Topliss-reactive ketones (excluding diaryl/α,β-unsaturated/α-hetero) is 1. The van der Waals surface area contributed by atoms with Crippen LogP contribution in [0.2, 0.25) is 0 Å². The molecule has 0 radical (unpaired) electrons. The number of carbonyl (C=O) groups is 1. The first-order valence-corrected chi connectivity index (χ1v) is 6.83. The fourth-order valence-corrected chi connectivity index (χ4v) is 2.88. The van der Waals surface area contributed by atoms with Crippen LogP contribution in [0.4, 0.5) is 0 Å². The Balaban J connectivity index is 1.87. The summed E-state index contributed by atoms with van der Waals surface area (Å²) in [6, 6.07) is 0.357. The van der Waals surface area contributed by atoms with Gasteiger partial charge in [0.25, 0.3) is 0 Å². The summed E-state index contributed by atoms with van der Waals surface area (Å²) in [5.41, 5.74) is 0. The lowest BCUT2D eigenvalue weighted by molar-refractivity contribution is 0.0957. The third-order valence-electron chi connectivity index (χ3n) is 3.28. The van der Waals surface area contributed by atoms with Gasteiger partial charge in [0, 0.05) is 24.0 Å². The van der Waals surface area contributed by atoms with Gasteiger partial charge in [-0.15, -0.1) is 11.3 Å². The van der Waals surface area contributed by atoms with Crippen molar-refractivity contribution in [3.05, 3.63) is 16.6 Å². The average Bonchev–Trinajstić information content (AvgIpc) is 2.83. The molecule has 1 aliphatic rings. The van der Waals surface area contributed by atoms with E-state index in [-0.39, 0.29) is 5.78 Å². The van der Waals surface area contributed by atoms with Gasteiger partial charge >= 0.3 is 0 Å². The first-order chi connectivity index (χ1) is 7.79. The van der Waals surface area contributed by atoms with E-state index < -0.39 is 0 Å². The molecule has 1 N–H and O–H groups in total. The molecule has 4 heteroatoms. The first-order valence-electron chi connectivity index (χ1n) is 5.95. The van der Waals surface area contributed by atoms with Crippen LogP contribution in [-0.2, 0) is 0 Å². The molecule has 0 aromatic carbocycles. The van der Waals surface area contributed by atoms with E-state index in [9.17, 15) is 4.79 Å². The lowest BCUT2D eigenvalue weighted by atomic mass is 9.88. The molecule has 1 aliphatic heterocycles. The highest BCUT2D eigenvalue weighted by Gasteiger charge is 2.23. The fraction of sp³-hybridized carbons (Fsp3) is 0.667. The van der Waals surface area contributed by atoms with Crippen molar-refractivity contribution < 1.29 is 4.79 Å². The van der Waals surface area contributed by atoms with Crippen molar-refractivity contribution >= 4 is 17.1 Å². The molecule has 0 bridgehead atoms. The molecule has 2 unspecified atom stereocenters. The largest absolute Gasteiger partial charge is 0.314 e. The summed E-state index contributed by atoms with van der Waals surface area (Å²) in [6.45, 7) is 3.28. The molecular weight excluding hydrogens is 220 g/mol. The minimum Gasteiger partial charge on any atom is -0.314 e. The van der Waals surface area contributed by atoms with Crippen LogP contribution >= 0.6 is 11.3 Å². The normalized spacial score (nSPS) is 25.6. The van der Waals surface area contributed by atoms with Crippen LogP contribution < -0.4 is 5.32 Å². The number of hydrogen-bond acceptors (Lipinski definition) is 4. The molecular formula is C12H18N2OS. The van der Waals surface area contributed by atoms with Crippen molar-refractivity contribution in [3.8, 4) is 0 Å². The molecule has 2 rings (SSSR count). The van der Waals surface area contributed by atoms with Gasteiger partial charge < -0.3 is 5.32 Å². The molecule has 0 saturated carbocycles. The van der Waals surface area contributed by atoms with Gasteiger partial charge in [-0.25, -0.2) is 4.98 Å². The SMILES string of the molecule is CCC1CCNC(CC(=O)c2nccs2)C1. The molecule has 1 fully saturated rings. The zero-order chi connectivity index (χ0) is 11.4. The van der Waals surface area contributed by atoms with Gasteiger partial charge in [-0.05, 0) is 25.3 Å². The Bertz CT molecular complexity index is 337. The standard InChI is InChI=1S/C12H18N2OS/c1-2-9-3-4-13-10(7-9)8-11(15)12-14-5-6-16-12/h5-6,9-10,13H,2-4,7-8H2,1H3. The minimum atomic E-state index is 0.184. The Morgan fingerprint density at radius 3 is 3.25 bits per heavy atom.